The molecule has 0 fully saturated rings. The van der Waals surface area contributed by atoms with E-state index in [4.69, 9.17) is 5.84 Å². The zero-order valence-electron chi connectivity index (χ0n) is 10.3. The molecule has 3 N–H and O–H groups in total. The van der Waals surface area contributed by atoms with Crippen LogP contribution in [0.1, 0.15) is 43.9 Å². The van der Waals surface area contributed by atoms with Gasteiger partial charge in [0.05, 0.1) is 0 Å². The topological polar surface area (TPSA) is 38.0 Å². The maximum atomic E-state index is 13.3. The average Bonchev–Trinajstić information content (AvgIpc) is 2.24. The highest BCUT2D eigenvalue weighted by molar-refractivity contribution is 5.26. The minimum absolute atomic E-state index is 0.0318. The molecule has 1 aromatic carbocycles. The van der Waals surface area contributed by atoms with Gasteiger partial charge in [-0.15, -0.1) is 0 Å². The summed E-state index contributed by atoms with van der Waals surface area (Å²) in [6.07, 6.45) is 2.03. The Bertz CT molecular complexity index is 318. The van der Waals surface area contributed by atoms with Crippen LogP contribution in [0, 0.1) is 18.7 Å². The first-order valence-corrected chi connectivity index (χ1v) is 5.80. The summed E-state index contributed by atoms with van der Waals surface area (Å²) in [5.41, 5.74) is 4.63. The van der Waals surface area contributed by atoms with Crippen molar-refractivity contribution in [2.45, 2.75) is 39.7 Å². The van der Waals surface area contributed by atoms with Crippen LogP contribution in [0.5, 0.6) is 0 Å². The molecule has 0 bridgehead atoms. The predicted molar refractivity (Wildman–Crippen MR) is 65.3 cm³/mol. The van der Waals surface area contributed by atoms with Crippen molar-refractivity contribution >= 4 is 0 Å². The molecule has 0 amide bonds. The molecule has 0 aromatic heterocycles. The van der Waals surface area contributed by atoms with E-state index in [1.54, 1.807) is 6.07 Å². The monoisotopic (exact) mass is 224 g/mol. The molecule has 3 heteroatoms. The number of rotatable bonds is 5. The highest BCUT2D eigenvalue weighted by Crippen LogP contribution is 2.23. The van der Waals surface area contributed by atoms with E-state index in [1.165, 1.54) is 6.07 Å². The lowest BCUT2D eigenvalue weighted by molar-refractivity contribution is 0.406. The van der Waals surface area contributed by atoms with Crippen molar-refractivity contribution in [1.29, 1.82) is 0 Å². The molecule has 0 aliphatic carbocycles. The number of halogens is 1. The van der Waals surface area contributed by atoms with Gasteiger partial charge in [-0.3, -0.25) is 11.3 Å². The summed E-state index contributed by atoms with van der Waals surface area (Å²) in [5, 5.41) is 0. The van der Waals surface area contributed by atoms with Crippen LogP contribution in [-0.4, -0.2) is 0 Å². The van der Waals surface area contributed by atoms with Gasteiger partial charge in [0, 0.05) is 6.04 Å². The molecule has 2 nitrogen and oxygen atoms in total. The first kappa shape index (κ1) is 13.1. The Morgan fingerprint density at radius 2 is 2.06 bits per heavy atom. The maximum absolute atomic E-state index is 13.3. The largest absolute Gasteiger partial charge is 0.271 e. The number of benzene rings is 1. The fourth-order valence-corrected chi connectivity index (χ4v) is 1.84. The molecule has 1 aromatic rings. The van der Waals surface area contributed by atoms with Gasteiger partial charge in [-0.1, -0.05) is 26.3 Å². The number of nitrogens with one attached hydrogen (secondary N) is 1. The van der Waals surface area contributed by atoms with E-state index in [9.17, 15) is 4.39 Å². The van der Waals surface area contributed by atoms with Gasteiger partial charge in [0.1, 0.15) is 5.82 Å². The molecule has 90 valence electrons. The Morgan fingerprint density at radius 3 is 2.56 bits per heavy atom. The van der Waals surface area contributed by atoms with Crippen molar-refractivity contribution in [3.8, 4) is 0 Å². The maximum Gasteiger partial charge on any atom is 0.123 e. The second kappa shape index (κ2) is 5.97. The van der Waals surface area contributed by atoms with Crippen molar-refractivity contribution in [2.75, 3.05) is 0 Å². The lowest BCUT2D eigenvalue weighted by Crippen LogP contribution is -2.29. The number of hydrazine groups is 1. The van der Waals surface area contributed by atoms with Gasteiger partial charge in [-0.2, -0.15) is 0 Å². The Morgan fingerprint density at radius 1 is 1.38 bits per heavy atom. The van der Waals surface area contributed by atoms with E-state index in [-0.39, 0.29) is 11.9 Å². The zero-order chi connectivity index (χ0) is 12.1. The summed E-state index contributed by atoms with van der Waals surface area (Å²) in [6, 6.07) is 5.10. The van der Waals surface area contributed by atoms with Crippen LogP contribution in [0.3, 0.4) is 0 Å². The molecule has 1 rings (SSSR count). The van der Waals surface area contributed by atoms with Gasteiger partial charge in [0.2, 0.25) is 0 Å². The minimum atomic E-state index is -0.195. The SMILES string of the molecule is CCC(C)CC(NN)c1cc(C)cc(F)c1. The van der Waals surface area contributed by atoms with Crippen molar-refractivity contribution in [3.05, 3.63) is 35.1 Å². The van der Waals surface area contributed by atoms with Crippen molar-refractivity contribution in [1.82, 2.24) is 5.43 Å². The van der Waals surface area contributed by atoms with Crippen LogP contribution in [0.15, 0.2) is 18.2 Å². The summed E-state index contributed by atoms with van der Waals surface area (Å²) in [6.45, 7) is 6.22. The molecule has 0 saturated heterocycles. The van der Waals surface area contributed by atoms with Crippen molar-refractivity contribution in [2.24, 2.45) is 11.8 Å². The zero-order valence-corrected chi connectivity index (χ0v) is 10.3. The van der Waals surface area contributed by atoms with Crippen LogP contribution in [0.4, 0.5) is 4.39 Å². The molecular formula is C13H21FN2. The van der Waals surface area contributed by atoms with E-state index in [2.05, 4.69) is 19.3 Å². The Labute approximate surface area is 97.0 Å². The molecule has 2 unspecified atom stereocenters. The third-order valence-corrected chi connectivity index (χ3v) is 3.00. The fourth-order valence-electron chi connectivity index (χ4n) is 1.84. The van der Waals surface area contributed by atoms with Gasteiger partial charge in [0.25, 0.3) is 0 Å². The number of aryl methyl sites for hydroxylation is 1. The van der Waals surface area contributed by atoms with Gasteiger partial charge < -0.3 is 0 Å². The molecule has 0 aliphatic rings. The van der Waals surface area contributed by atoms with Gasteiger partial charge in [-0.05, 0) is 42.5 Å². The second-order valence-electron chi connectivity index (χ2n) is 4.53. The van der Waals surface area contributed by atoms with Crippen molar-refractivity contribution < 1.29 is 4.39 Å². The smallest absolute Gasteiger partial charge is 0.123 e. The summed E-state index contributed by atoms with van der Waals surface area (Å²) in [7, 11) is 0. The van der Waals surface area contributed by atoms with Crippen LogP contribution in [0.2, 0.25) is 0 Å². The van der Waals surface area contributed by atoms with Gasteiger partial charge in [0.15, 0.2) is 0 Å². The molecule has 16 heavy (non-hydrogen) atoms. The summed E-state index contributed by atoms with van der Waals surface area (Å²) in [4.78, 5) is 0. The number of hydrogen-bond acceptors (Lipinski definition) is 2. The average molecular weight is 224 g/mol. The summed E-state index contributed by atoms with van der Waals surface area (Å²) in [5.74, 6) is 5.91. The van der Waals surface area contributed by atoms with E-state index in [0.717, 1.165) is 24.0 Å². The highest BCUT2D eigenvalue weighted by atomic mass is 19.1. The molecule has 0 spiro atoms. The van der Waals surface area contributed by atoms with Gasteiger partial charge in [-0.25, -0.2) is 4.39 Å². The Hall–Kier alpha value is -0.930. The van der Waals surface area contributed by atoms with E-state index < -0.39 is 0 Å². The molecular weight excluding hydrogens is 203 g/mol. The van der Waals surface area contributed by atoms with E-state index in [1.807, 2.05) is 13.0 Å². The number of nitrogens with two attached hydrogens (primary N) is 1. The van der Waals surface area contributed by atoms with Crippen LogP contribution < -0.4 is 11.3 Å². The summed E-state index contributed by atoms with van der Waals surface area (Å²) < 4.78 is 13.3. The molecule has 2 atom stereocenters. The lowest BCUT2D eigenvalue weighted by Gasteiger charge is -2.20. The number of hydrogen-bond donors (Lipinski definition) is 2. The first-order valence-electron chi connectivity index (χ1n) is 5.80. The molecule has 0 aliphatic heterocycles. The molecule has 0 saturated carbocycles. The lowest BCUT2D eigenvalue weighted by atomic mass is 9.94. The van der Waals surface area contributed by atoms with Gasteiger partial charge >= 0.3 is 0 Å². The highest BCUT2D eigenvalue weighted by Gasteiger charge is 2.14. The van der Waals surface area contributed by atoms with Crippen LogP contribution >= 0.6 is 0 Å². The molecule has 0 heterocycles. The fraction of sp³-hybridized carbons (Fsp3) is 0.538. The third kappa shape index (κ3) is 3.58. The second-order valence-corrected chi connectivity index (χ2v) is 4.53. The minimum Gasteiger partial charge on any atom is -0.271 e. The predicted octanol–water partition coefficient (Wildman–Crippen LogP) is 3.07. The normalized spacial score (nSPS) is 14.8. The van der Waals surface area contributed by atoms with E-state index in [0.29, 0.717) is 5.92 Å². The van der Waals surface area contributed by atoms with Crippen molar-refractivity contribution in [3.63, 3.8) is 0 Å². The Kier molecular flexibility index (Phi) is 4.90. The quantitative estimate of drug-likeness (QED) is 0.596. The molecule has 0 radical (unpaired) electrons. The third-order valence-electron chi connectivity index (χ3n) is 3.00. The van der Waals surface area contributed by atoms with Crippen LogP contribution in [0.25, 0.3) is 0 Å². The van der Waals surface area contributed by atoms with E-state index >= 15 is 0 Å². The Balaban J connectivity index is 2.86. The van der Waals surface area contributed by atoms with Crippen LogP contribution in [-0.2, 0) is 0 Å². The standard InChI is InChI=1S/C13H21FN2/c1-4-9(2)7-13(16-15)11-5-10(3)6-12(14)8-11/h5-6,8-9,13,16H,4,7,15H2,1-3H3. The summed E-state index contributed by atoms with van der Waals surface area (Å²) >= 11 is 0. The first-order chi connectivity index (χ1) is 7.56.